The van der Waals surface area contributed by atoms with Crippen LogP contribution < -0.4 is 5.32 Å². The molecule has 1 aliphatic carbocycles. The van der Waals surface area contributed by atoms with Gasteiger partial charge in [-0.15, -0.1) is 0 Å². The number of nitrogens with one attached hydrogen (secondary N) is 1. The van der Waals surface area contributed by atoms with Gasteiger partial charge in [-0.25, -0.2) is 0 Å². The van der Waals surface area contributed by atoms with Crippen LogP contribution in [0.5, 0.6) is 0 Å². The molecule has 2 heteroatoms. The number of methoxy groups -OCH3 is 1. The highest BCUT2D eigenvalue weighted by atomic mass is 16.5. The van der Waals surface area contributed by atoms with Crippen molar-refractivity contribution >= 4 is 0 Å². The Labute approximate surface area is 80.4 Å². The molecule has 74 valence electrons. The molecule has 2 nitrogen and oxygen atoms in total. The first kappa shape index (κ1) is 9.22. The van der Waals surface area contributed by atoms with E-state index in [-0.39, 0.29) is 5.60 Å². The second kappa shape index (κ2) is 3.81. The topological polar surface area (TPSA) is 21.3 Å². The molecule has 1 unspecified atom stereocenters. The molecule has 1 heterocycles. The van der Waals surface area contributed by atoms with E-state index in [0.717, 1.165) is 19.0 Å². The van der Waals surface area contributed by atoms with Gasteiger partial charge >= 0.3 is 0 Å². The average molecular weight is 181 g/mol. The van der Waals surface area contributed by atoms with Crippen molar-refractivity contribution in [3.8, 4) is 0 Å². The fourth-order valence-electron chi connectivity index (χ4n) is 2.34. The van der Waals surface area contributed by atoms with E-state index < -0.39 is 0 Å². The molecular formula is C11H19NO. The van der Waals surface area contributed by atoms with Crippen LogP contribution in [0.3, 0.4) is 0 Å². The monoisotopic (exact) mass is 181 g/mol. The Hall–Kier alpha value is -0.340. The molecule has 0 amide bonds. The van der Waals surface area contributed by atoms with Crippen LogP contribution in [0.15, 0.2) is 12.2 Å². The second-order valence-corrected chi connectivity index (χ2v) is 4.35. The molecule has 0 bridgehead atoms. The largest absolute Gasteiger partial charge is 0.376 e. The van der Waals surface area contributed by atoms with E-state index in [1.54, 1.807) is 0 Å². The van der Waals surface area contributed by atoms with Gasteiger partial charge in [-0.05, 0) is 31.6 Å². The molecule has 1 N–H and O–H groups in total. The molecule has 1 saturated heterocycles. The molecule has 0 spiro atoms. The Morgan fingerprint density at radius 3 is 2.77 bits per heavy atom. The van der Waals surface area contributed by atoms with E-state index >= 15 is 0 Å². The Bertz CT molecular complexity index is 191. The lowest BCUT2D eigenvalue weighted by atomic mass is 9.80. The van der Waals surface area contributed by atoms with E-state index in [4.69, 9.17) is 4.74 Å². The van der Waals surface area contributed by atoms with Crippen molar-refractivity contribution < 1.29 is 4.74 Å². The van der Waals surface area contributed by atoms with Crippen molar-refractivity contribution in [3.05, 3.63) is 12.2 Å². The van der Waals surface area contributed by atoms with Crippen molar-refractivity contribution in [1.82, 2.24) is 5.32 Å². The van der Waals surface area contributed by atoms with E-state index in [9.17, 15) is 0 Å². The Morgan fingerprint density at radius 1 is 1.46 bits per heavy atom. The molecule has 0 radical (unpaired) electrons. The summed E-state index contributed by atoms with van der Waals surface area (Å²) in [5.41, 5.74) is 0.176. The van der Waals surface area contributed by atoms with Gasteiger partial charge in [-0.1, -0.05) is 12.2 Å². The summed E-state index contributed by atoms with van der Waals surface area (Å²) in [6.07, 6.45) is 9.73. The van der Waals surface area contributed by atoms with E-state index in [1.165, 1.54) is 25.7 Å². The van der Waals surface area contributed by atoms with Crippen LogP contribution in [0.4, 0.5) is 0 Å². The average Bonchev–Trinajstić information content (AvgIpc) is 2.13. The molecule has 0 aromatic heterocycles. The predicted molar refractivity (Wildman–Crippen MR) is 53.7 cm³/mol. The van der Waals surface area contributed by atoms with Gasteiger partial charge in [0.05, 0.1) is 5.60 Å². The Kier molecular flexibility index (Phi) is 2.70. The first-order valence-corrected chi connectivity index (χ1v) is 5.25. The van der Waals surface area contributed by atoms with Crippen LogP contribution in [-0.2, 0) is 4.74 Å². The van der Waals surface area contributed by atoms with E-state index in [0.29, 0.717) is 0 Å². The number of rotatable bonds is 3. The highest BCUT2D eigenvalue weighted by Crippen LogP contribution is 2.31. The molecule has 2 aliphatic rings. The first-order valence-electron chi connectivity index (χ1n) is 5.25. The van der Waals surface area contributed by atoms with Crippen molar-refractivity contribution in [1.29, 1.82) is 0 Å². The zero-order valence-corrected chi connectivity index (χ0v) is 8.38. The zero-order chi connectivity index (χ0) is 9.15. The quantitative estimate of drug-likeness (QED) is 0.669. The summed E-state index contributed by atoms with van der Waals surface area (Å²) in [4.78, 5) is 0. The SMILES string of the molecule is COC1(CC2CC=CCC2)CNC1. The highest BCUT2D eigenvalue weighted by molar-refractivity contribution is 4.99. The van der Waals surface area contributed by atoms with Crippen molar-refractivity contribution in [2.75, 3.05) is 20.2 Å². The summed E-state index contributed by atoms with van der Waals surface area (Å²) in [7, 11) is 1.85. The van der Waals surface area contributed by atoms with Crippen LogP contribution in [0, 0.1) is 5.92 Å². The van der Waals surface area contributed by atoms with Gasteiger partial charge in [0, 0.05) is 20.2 Å². The fourth-order valence-corrected chi connectivity index (χ4v) is 2.34. The molecule has 13 heavy (non-hydrogen) atoms. The maximum atomic E-state index is 5.59. The highest BCUT2D eigenvalue weighted by Gasteiger charge is 2.38. The minimum Gasteiger partial charge on any atom is -0.376 e. The van der Waals surface area contributed by atoms with Crippen molar-refractivity contribution in [2.24, 2.45) is 5.92 Å². The Morgan fingerprint density at radius 2 is 2.31 bits per heavy atom. The van der Waals surface area contributed by atoms with Gasteiger partial charge < -0.3 is 10.1 Å². The second-order valence-electron chi connectivity index (χ2n) is 4.35. The van der Waals surface area contributed by atoms with Crippen molar-refractivity contribution in [3.63, 3.8) is 0 Å². The molecule has 0 saturated carbocycles. The van der Waals surface area contributed by atoms with Gasteiger partial charge in [0.1, 0.15) is 0 Å². The third-order valence-electron chi connectivity index (χ3n) is 3.37. The molecule has 0 aromatic carbocycles. The fraction of sp³-hybridized carbons (Fsp3) is 0.818. The summed E-state index contributed by atoms with van der Waals surface area (Å²) in [5.74, 6) is 0.854. The lowest BCUT2D eigenvalue weighted by molar-refractivity contribution is -0.0683. The number of allylic oxidation sites excluding steroid dienone is 2. The first-order chi connectivity index (χ1) is 6.35. The third kappa shape index (κ3) is 1.94. The van der Waals surface area contributed by atoms with Crippen molar-refractivity contribution in [2.45, 2.75) is 31.3 Å². The van der Waals surface area contributed by atoms with E-state index in [1.807, 2.05) is 7.11 Å². The number of hydrogen-bond acceptors (Lipinski definition) is 2. The zero-order valence-electron chi connectivity index (χ0n) is 8.38. The molecular weight excluding hydrogens is 162 g/mol. The maximum absolute atomic E-state index is 5.59. The summed E-state index contributed by atoms with van der Waals surface area (Å²) in [6, 6.07) is 0. The molecule has 0 aromatic rings. The van der Waals surface area contributed by atoms with Crippen LogP contribution in [-0.4, -0.2) is 25.8 Å². The summed E-state index contributed by atoms with van der Waals surface area (Å²) in [5, 5.41) is 3.30. The molecule has 1 fully saturated rings. The minimum absolute atomic E-state index is 0.176. The number of hydrogen-bond donors (Lipinski definition) is 1. The normalized spacial score (nSPS) is 31.3. The third-order valence-corrected chi connectivity index (χ3v) is 3.37. The molecule has 1 aliphatic heterocycles. The van der Waals surface area contributed by atoms with Gasteiger partial charge in [0.2, 0.25) is 0 Å². The smallest absolute Gasteiger partial charge is 0.0928 e. The summed E-state index contributed by atoms with van der Waals surface area (Å²) >= 11 is 0. The van der Waals surface area contributed by atoms with Crippen LogP contribution in [0.1, 0.15) is 25.7 Å². The van der Waals surface area contributed by atoms with Crippen LogP contribution in [0.2, 0.25) is 0 Å². The maximum Gasteiger partial charge on any atom is 0.0928 e. The minimum atomic E-state index is 0.176. The Balaban J connectivity index is 1.85. The summed E-state index contributed by atoms with van der Waals surface area (Å²) < 4.78 is 5.59. The molecule has 1 atom stereocenters. The van der Waals surface area contributed by atoms with Gasteiger partial charge in [-0.2, -0.15) is 0 Å². The van der Waals surface area contributed by atoms with Crippen LogP contribution >= 0.6 is 0 Å². The lowest BCUT2D eigenvalue weighted by Crippen LogP contribution is -2.61. The lowest BCUT2D eigenvalue weighted by Gasteiger charge is -2.43. The number of ether oxygens (including phenoxy) is 1. The molecule has 2 rings (SSSR count). The van der Waals surface area contributed by atoms with Gasteiger partial charge in [-0.3, -0.25) is 0 Å². The standard InChI is InChI=1S/C11H19NO/c1-13-11(8-12-9-11)7-10-5-3-2-4-6-10/h2-3,10,12H,4-9H2,1H3. The van der Waals surface area contributed by atoms with Crippen LogP contribution in [0.25, 0.3) is 0 Å². The summed E-state index contributed by atoms with van der Waals surface area (Å²) in [6.45, 7) is 2.09. The van der Waals surface area contributed by atoms with Gasteiger partial charge in [0.15, 0.2) is 0 Å². The van der Waals surface area contributed by atoms with Gasteiger partial charge in [0.25, 0.3) is 0 Å². The van der Waals surface area contributed by atoms with E-state index in [2.05, 4.69) is 17.5 Å². The predicted octanol–water partition coefficient (Wildman–Crippen LogP) is 1.72.